The van der Waals surface area contributed by atoms with Gasteiger partial charge in [-0.25, -0.2) is 13.4 Å². The molecule has 2 aliphatic rings. The fourth-order valence-electron chi connectivity index (χ4n) is 6.08. The van der Waals surface area contributed by atoms with Crippen molar-refractivity contribution in [3.05, 3.63) is 58.5 Å². The lowest BCUT2D eigenvalue weighted by Gasteiger charge is -2.41. The zero-order valence-electron chi connectivity index (χ0n) is 25.6. The second-order valence-electron chi connectivity index (χ2n) is 11.4. The molecule has 4 aromatic rings. The highest BCUT2D eigenvalue weighted by atomic mass is 79.9. The van der Waals surface area contributed by atoms with Gasteiger partial charge in [0.25, 0.3) is 0 Å². The van der Waals surface area contributed by atoms with Crippen LogP contribution in [-0.2, 0) is 20.3 Å². The summed E-state index contributed by atoms with van der Waals surface area (Å²) in [6, 6.07) is 8.33. The molecule has 2 aromatic heterocycles. The molecule has 14 heteroatoms. The van der Waals surface area contributed by atoms with Crippen molar-refractivity contribution in [3.63, 3.8) is 0 Å². The van der Waals surface area contributed by atoms with Crippen molar-refractivity contribution in [1.82, 2.24) is 24.8 Å². The van der Waals surface area contributed by atoms with Crippen LogP contribution >= 0.6 is 15.9 Å². The molecule has 45 heavy (non-hydrogen) atoms. The Labute approximate surface area is 271 Å². The molecule has 0 amide bonds. The number of hydrogen-bond donors (Lipinski definition) is 2. The number of aromatic nitrogens is 4. The van der Waals surface area contributed by atoms with E-state index in [4.69, 9.17) is 14.5 Å². The average molecular weight is 698 g/mol. The monoisotopic (exact) mass is 696 g/mol. The molecule has 0 unspecified atom stereocenters. The normalized spacial score (nSPS) is 16.6. The molecule has 12 nitrogen and oxygen atoms in total. The number of halogens is 1. The maximum Gasteiger partial charge on any atom is 0.229 e. The Morgan fingerprint density at radius 3 is 2.51 bits per heavy atom. The highest BCUT2D eigenvalue weighted by Gasteiger charge is 2.27. The number of morpholine rings is 1. The van der Waals surface area contributed by atoms with Gasteiger partial charge in [0.15, 0.2) is 9.84 Å². The van der Waals surface area contributed by atoms with Crippen LogP contribution in [0.3, 0.4) is 0 Å². The lowest BCUT2D eigenvalue weighted by molar-refractivity contribution is 0.0115. The van der Waals surface area contributed by atoms with E-state index in [1.54, 1.807) is 37.8 Å². The van der Waals surface area contributed by atoms with Gasteiger partial charge in [-0.15, -0.1) is 0 Å². The van der Waals surface area contributed by atoms with Gasteiger partial charge in [0.05, 0.1) is 47.3 Å². The number of anilines is 5. The average Bonchev–Trinajstić information content (AvgIpc) is 3.04. The molecule has 0 atom stereocenters. The first kappa shape index (κ1) is 31.4. The summed E-state index contributed by atoms with van der Waals surface area (Å²) in [7, 11) is -1.70. The van der Waals surface area contributed by atoms with E-state index in [0.717, 1.165) is 69.2 Å². The number of sulfone groups is 1. The third kappa shape index (κ3) is 7.29. The van der Waals surface area contributed by atoms with Crippen LogP contribution in [0.2, 0.25) is 0 Å². The summed E-state index contributed by atoms with van der Waals surface area (Å²) >= 11 is 3.53. The van der Waals surface area contributed by atoms with Crippen molar-refractivity contribution in [3.8, 4) is 5.75 Å². The van der Waals surface area contributed by atoms with Gasteiger partial charge in [0.1, 0.15) is 11.6 Å². The molecular weight excluding hydrogens is 660 g/mol. The van der Waals surface area contributed by atoms with Crippen molar-refractivity contribution in [1.29, 1.82) is 0 Å². The molecule has 6 rings (SSSR count). The predicted octanol–water partition coefficient (Wildman–Crippen LogP) is 4.83. The molecular formula is C31H37BrN8O4S. The fourth-order valence-corrected chi connectivity index (χ4v) is 7.19. The summed E-state index contributed by atoms with van der Waals surface area (Å²) in [5.41, 5.74) is 5.24. The number of hydrogen-bond acceptors (Lipinski definition) is 12. The van der Waals surface area contributed by atoms with E-state index in [1.807, 2.05) is 0 Å². The van der Waals surface area contributed by atoms with Crippen molar-refractivity contribution >= 4 is 65.6 Å². The number of rotatable bonds is 9. The Morgan fingerprint density at radius 2 is 1.78 bits per heavy atom. The number of nitrogens with zero attached hydrogens (tertiary/aromatic N) is 6. The summed E-state index contributed by atoms with van der Waals surface area (Å²) < 4.78 is 36.6. The Balaban J connectivity index is 1.22. The molecule has 0 bridgehead atoms. The fraction of sp³-hybridized carbons (Fsp3) is 0.419. The molecule has 0 radical (unpaired) electrons. The SMILES string of the molecule is COc1cc(N2CCC(N3CCOCC3)CC2)c(C)cc1Nc1ncc(Br)c(Nc2ccc3nccnc3c2CS(C)(=O)=O)n1. The molecule has 4 heterocycles. The van der Waals surface area contributed by atoms with Crippen LogP contribution in [-0.4, -0.2) is 92.1 Å². The predicted molar refractivity (Wildman–Crippen MR) is 180 cm³/mol. The molecule has 0 spiro atoms. The van der Waals surface area contributed by atoms with Gasteiger partial charge in [-0.05, 0) is 59.5 Å². The third-order valence-electron chi connectivity index (χ3n) is 8.28. The summed E-state index contributed by atoms with van der Waals surface area (Å²) in [5.74, 6) is 1.30. The number of fused-ring (bicyclic) bond motifs is 1. The number of benzene rings is 2. The van der Waals surface area contributed by atoms with Crippen molar-refractivity contribution in [2.45, 2.75) is 31.6 Å². The third-order valence-corrected chi connectivity index (χ3v) is 9.67. The minimum absolute atomic E-state index is 0.201. The summed E-state index contributed by atoms with van der Waals surface area (Å²) in [6.07, 6.45) is 8.22. The van der Waals surface area contributed by atoms with Gasteiger partial charge in [-0.2, -0.15) is 4.98 Å². The first-order chi connectivity index (χ1) is 21.7. The second-order valence-corrected chi connectivity index (χ2v) is 14.4. The first-order valence-corrected chi connectivity index (χ1v) is 17.8. The Morgan fingerprint density at radius 1 is 1.02 bits per heavy atom. The topological polar surface area (TPSA) is 135 Å². The van der Waals surface area contributed by atoms with Crippen LogP contribution in [0.25, 0.3) is 11.0 Å². The van der Waals surface area contributed by atoms with Crippen LogP contribution in [0.4, 0.5) is 28.8 Å². The van der Waals surface area contributed by atoms with E-state index in [9.17, 15) is 8.42 Å². The molecule has 0 aliphatic carbocycles. The zero-order chi connectivity index (χ0) is 31.6. The van der Waals surface area contributed by atoms with E-state index in [1.165, 1.54) is 6.26 Å². The maximum atomic E-state index is 12.3. The van der Waals surface area contributed by atoms with Crippen molar-refractivity contribution in [2.75, 3.05) is 68.3 Å². The van der Waals surface area contributed by atoms with E-state index in [0.29, 0.717) is 50.3 Å². The van der Waals surface area contributed by atoms with E-state index in [2.05, 4.69) is 70.4 Å². The Hall–Kier alpha value is -3.59. The molecule has 2 fully saturated rings. The molecule has 2 aromatic carbocycles. The maximum absolute atomic E-state index is 12.3. The van der Waals surface area contributed by atoms with Crippen LogP contribution in [0.5, 0.6) is 5.75 Å². The highest BCUT2D eigenvalue weighted by molar-refractivity contribution is 9.10. The van der Waals surface area contributed by atoms with Crippen LogP contribution in [0.1, 0.15) is 24.0 Å². The van der Waals surface area contributed by atoms with Crippen LogP contribution in [0, 0.1) is 6.92 Å². The highest BCUT2D eigenvalue weighted by Crippen LogP contribution is 2.37. The number of nitrogens with one attached hydrogen (secondary N) is 2. The molecule has 2 N–H and O–H groups in total. The largest absolute Gasteiger partial charge is 0.494 e. The molecule has 2 saturated heterocycles. The lowest BCUT2D eigenvalue weighted by atomic mass is 10.0. The van der Waals surface area contributed by atoms with Gasteiger partial charge in [-0.3, -0.25) is 14.9 Å². The van der Waals surface area contributed by atoms with Gasteiger partial charge in [0, 0.05) is 80.1 Å². The molecule has 2 aliphatic heterocycles. The minimum atomic E-state index is -3.36. The Bertz CT molecular complexity index is 1790. The lowest BCUT2D eigenvalue weighted by Crippen LogP contribution is -2.49. The minimum Gasteiger partial charge on any atom is -0.494 e. The summed E-state index contributed by atoms with van der Waals surface area (Å²) in [5, 5.41) is 6.60. The van der Waals surface area contributed by atoms with Gasteiger partial charge in [-0.1, -0.05) is 0 Å². The number of methoxy groups -OCH3 is 1. The summed E-state index contributed by atoms with van der Waals surface area (Å²) in [6.45, 7) is 7.78. The zero-order valence-corrected chi connectivity index (χ0v) is 28.0. The van der Waals surface area contributed by atoms with E-state index in [-0.39, 0.29) is 5.75 Å². The summed E-state index contributed by atoms with van der Waals surface area (Å²) in [4.78, 5) is 22.9. The first-order valence-electron chi connectivity index (χ1n) is 14.9. The van der Waals surface area contributed by atoms with Gasteiger partial charge < -0.3 is 25.0 Å². The standard InChI is InChI=1S/C31H37BrN8O4S/c1-20-16-26(28(43-2)17-27(20)40-10-6-21(7-11-40)39-12-14-44-15-13-39)37-31-35-18-23(32)30(38-31)36-24-4-5-25-29(34-9-8-33-25)22(24)19-45(3,41)42/h4-5,8-9,16-18,21H,6-7,10-15,19H2,1-3H3,(H2,35,36,37,38). The Kier molecular flexibility index (Phi) is 9.36. The van der Waals surface area contributed by atoms with E-state index < -0.39 is 9.84 Å². The van der Waals surface area contributed by atoms with Crippen LogP contribution in [0.15, 0.2) is 47.3 Å². The second kappa shape index (κ2) is 13.4. The van der Waals surface area contributed by atoms with Crippen molar-refractivity contribution < 1.29 is 17.9 Å². The van der Waals surface area contributed by atoms with Crippen LogP contribution < -0.4 is 20.3 Å². The number of aryl methyl sites for hydroxylation is 1. The van der Waals surface area contributed by atoms with Crippen molar-refractivity contribution in [2.24, 2.45) is 0 Å². The van der Waals surface area contributed by atoms with Gasteiger partial charge in [0.2, 0.25) is 5.95 Å². The van der Waals surface area contributed by atoms with Gasteiger partial charge >= 0.3 is 0 Å². The number of ether oxygens (including phenoxy) is 2. The number of piperidine rings is 1. The smallest absolute Gasteiger partial charge is 0.229 e. The quantitative estimate of drug-likeness (QED) is 0.248. The molecule has 238 valence electrons. The molecule has 0 saturated carbocycles. The van der Waals surface area contributed by atoms with E-state index >= 15 is 0 Å².